The molecule has 0 bridgehead atoms. The summed E-state index contributed by atoms with van der Waals surface area (Å²) < 4.78 is 4.86. The average Bonchev–Trinajstić information content (AvgIpc) is 2.71. The van der Waals surface area contributed by atoms with Gasteiger partial charge in [0.1, 0.15) is 11.4 Å². The molecule has 1 saturated heterocycles. The molecule has 5 heteroatoms. The van der Waals surface area contributed by atoms with Crippen molar-refractivity contribution in [3.05, 3.63) is 17.8 Å². The second-order valence-corrected chi connectivity index (χ2v) is 5.24. The van der Waals surface area contributed by atoms with Crippen LogP contribution in [0.1, 0.15) is 49.4 Å². The number of carbonyl (C=O) groups is 1. The van der Waals surface area contributed by atoms with Crippen molar-refractivity contribution in [2.24, 2.45) is 0 Å². The van der Waals surface area contributed by atoms with Crippen molar-refractivity contribution in [2.45, 2.75) is 45.1 Å². The Kier molecular flexibility index (Phi) is 4.82. The molecule has 0 radical (unpaired) electrons. The second kappa shape index (κ2) is 6.59. The van der Waals surface area contributed by atoms with Crippen molar-refractivity contribution < 1.29 is 9.53 Å². The van der Waals surface area contributed by atoms with Crippen molar-refractivity contribution in [3.8, 4) is 0 Å². The molecule has 1 aliphatic rings. The molecule has 1 aliphatic heterocycles. The standard InChI is InChI=1S/C15H23N3O2/c1-3-12-7-5-4-6-8-18(12)14-13(15(19)20-2)9-11(16)10-17-14/h9-10,12H,3-8,16H2,1-2H3. The molecule has 110 valence electrons. The maximum absolute atomic E-state index is 12.0. The lowest BCUT2D eigenvalue weighted by molar-refractivity contribution is 0.0601. The average molecular weight is 277 g/mol. The lowest BCUT2D eigenvalue weighted by Crippen LogP contribution is -2.36. The van der Waals surface area contributed by atoms with Crippen LogP contribution in [-0.2, 0) is 4.74 Å². The third-order valence-electron chi connectivity index (χ3n) is 3.91. The van der Waals surface area contributed by atoms with Crippen LogP contribution in [-0.4, -0.2) is 30.6 Å². The van der Waals surface area contributed by atoms with Gasteiger partial charge in [-0.15, -0.1) is 0 Å². The quantitative estimate of drug-likeness (QED) is 0.860. The van der Waals surface area contributed by atoms with E-state index >= 15 is 0 Å². The first kappa shape index (κ1) is 14.6. The van der Waals surface area contributed by atoms with Gasteiger partial charge in [0.15, 0.2) is 0 Å². The SMILES string of the molecule is CCC1CCCCCN1c1ncc(N)cc1C(=O)OC. The van der Waals surface area contributed by atoms with Gasteiger partial charge < -0.3 is 15.4 Å². The van der Waals surface area contributed by atoms with Gasteiger partial charge in [0.05, 0.1) is 19.0 Å². The number of pyridine rings is 1. The largest absolute Gasteiger partial charge is 0.465 e. The van der Waals surface area contributed by atoms with Gasteiger partial charge in [-0.05, 0) is 25.3 Å². The molecule has 0 aliphatic carbocycles. The summed E-state index contributed by atoms with van der Waals surface area (Å²) in [5.41, 5.74) is 6.71. The smallest absolute Gasteiger partial charge is 0.341 e. The monoisotopic (exact) mass is 277 g/mol. The van der Waals surface area contributed by atoms with E-state index in [4.69, 9.17) is 10.5 Å². The normalized spacial score (nSPS) is 19.5. The Morgan fingerprint density at radius 2 is 2.30 bits per heavy atom. The Balaban J connectivity index is 2.40. The van der Waals surface area contributed by atoms with Crippen LogP contribution in [0.4, 0.5) is 11.5 Å². The molecular formula is C15H23N3O2. The summed E-state index contributed by atoms with van der Waals surface area (Å²) in [6, 6.07) is 2.09. The minimum Gasteiger partial charge on any atom is -0.465 e. The van der Waals surface area contributed by atoms with Gasteiger partial charge in [-0.3, -0.25) is 0 Å². The summed E-state index contributed by atoms with van der Waals surface area (Å²) in [5, 5.41) is 0. The molecule has 1 aromatic rings. The molecule has 1 unspecified atom stereocenters. The highest BCUT2D eigenvalue weighted by Gasteiger charge is 2.25. The molecule has 2 N–H and O–H groups in total. The maximum Gasteiger partial charge on any atom is 0.341 e. The molecule has 1 fully saturated rings. The van der Waals surface area contributed by atoms with Crippen LogP contribution in [0.2, 0.25) is 0 Å². The van der Waals surface area contributed by atoms with E-state index in [1.54, 1.807) is 12.3 Å². The fourth-order valence-electron chi connectivity index (χ4n) is 2.84. The molecule has 0 saturated carbocycles. The summed E-state index contributed by atoms with van der Waals surface area (Å²) in [6.45, 7) is 3.11. The van der Waals surface area contributed by atoms with Gasteiger partial charge in [-0.2, -0.15) is 0 Å². The topological polar surface area (TPSA) is 68.5 Å². The summed E-state index contributed by atoms with van der Waals surface area (Å²) in [7, 11) is 1.38. The number of ether oxygens (including phenoxy) is 1. The number of aromatic nitrogens is 1. The van der Waals surface area contributed by atoms with Crippen LogP contribution in [0, 0.1) is 0 Å². The van der Waals surface area contributed by atoms with Gasteiger partial charge in [0.25, 0.3) is 0 Å². The highest BCUT2D eigenvalue weighted by Crippen LogP contribution is 2.28. The van der Waals surface area contributed by atoms with E-state index in [0.29, 0.717) is 23.1 Å². The number of nitrogen functional groups attached to an aromatic ring is 1. The number of nitrogens with two attached hydrogens (primary N) is 1. The summed E-state index contributed by atoms with van der Waals surface area (Å²) in [5.74, 6) is 0.332. The molecule has 0 spiro atoms. The van der Waals surface area contributed by atoms with Crippen molar-refractivity contribution in [2.75, 3.05) is 24.3 Å². The molecule has 2 rings (SSSR count). The minimum atomic E-state index is -0.376. The number of rotatable bonds is 3. The second-order valence-electron chi connectivity index (χ2n) is 5.24. The fraction of sp³-hybridized carbons (Fsp3) is 0.600. The highest BCUT2D eigenvalue weighted by molar-refractivity contribution is 5.95. The number of methoxy groups -OCH3 is 1. The Morgan fingerprint density at radius 3 is 3.00 bits per heavy atom. The van der Waals surface area contributed by atoms with Crippen LogP contribution < -0.4 is 10.6 Å². The predicted molar refractivity (Wildman–Crippen MR) is 79.9 cm³/mol. The van der Waals surface area contributed by atoms with Crippen LogP contribution in [0.15, 0.2) is 12.3 Å². The molecule has 0 amide bonds. The lowest BCUT2D eigenvalue weighted by Gasteiger charge is -2.31. The number of hydrogen-bond donors (Lipinski definition) is 1. The van der Waals surface area contributed by atoms with Crippen molar-refractivity contribution in [1.82, 2.24) is 4.98 Å². The fourth-order valence-corrected chi connectivity index (χ4v) is 2.84. The van der Waals surface area contributed by atoms with Crippen molar-refractivity contribution in [3.63, 3.8) is 0 Å². The number of carbonyl (C=O) groups excluding carboxylic acids is 1. The summed E-state index contributed by atoms with van der Waals surface area (Å²) in [4.78, 5) is 18.6. The van der Waals surface area contributed by atoms with Crippen LogP contribution >= 0.6 is 0 Å². The maximum atomic E-state index is 12.0. The third-order valence-corrected chi connectivity index (χ3v) is 3.91. The van der Waals surface area contributed by atoms with Gasteiger partial charge in [-0.1, -0.05) is 19.8 Å². The van der Waals surface area contributed by atoms with E-state index in [2.05, 4.69) is 16.8 Å². The van der Waals surface area contributed by atoms with E-state index in [9.17, 15) is 4.79 Å². The number of hydrogen-bond acceptors (Lipinski definition) is 5. The van der Waals surface area contributed by atoms with E-state index in [-0.39, 0.29) is 5.97 Å². The zero-order chi connectivity index (χ0) is 14.5. The lowest BCUT2D eigenvalue weighted by atomic mass is 10.1. The van der Waals surface area contributed by atoms with E-state index < -0.39 is 0 Å². The molecule has 0 aromatic carbocycles. The Bertz CT molecular complexity index is 476. The first-order valence-electron chi connectivity index (χ1n) is 7.27. The number of anilines is 2. The highest BCUT2D eigenvalue weighted by atomic mass is 16.5. The van der Waals surface area contributed by atoms with Crippen molar-refractivity contribution in [1.29, 1.82) is 0 Å². The minimum absolute atomic E-state index is 0.376. The number of nitrogens with zero attached hydrogens (tertiary/aromatic N) is 2. The van der Waals surface area contributed by atoms with Gasteiger partial charge in [0, 0.05) is 12.6 Å². The molecule has 1 atom stereocenters. The van der Waals surface area contributed by atoms with E-state index in [0.717, 1.165) is 25.8 Å². The Hall–Kier alpha value is -1.78. The third kappa shape index (κ3) is 3.03. The summed E-state index contributed by atoms with van der Waals surface area (Å²) >= 11 is 0. The van der Waals surface area contributed by atoms with Crippen molar-refractivity contribution >= 4 is 17.5 Å². The molecule has 2 heterocycles. The summed E-state index contributed by atoms with van der Waals surface area (Å²) in [6.07, 6.45) is 7.39. The first-order chi connectivity index (χ1) is 9.67. The zero-order valence-electron chi connectivity index (χ0n) is 12.3. The van der Waals surface area contributed by atoms with Gasteiger partial charge >= 0.3 is 5.97 Å². The van der Waals surface area contributed by atoms with Crippen LogP contribution in [0.3, 0.4) is 0 Å². The molecular weight excluding hydrogens is 254 g/mol. The zero-order valence-corrected chi connectivity index (χ0v) is 12.3. The van der Waals surface area contributed by atoms with Crippen LogP contribution in [0.25, 0.3) is 0 Å². The van der Waals surface area contributed by atoms with Gasteiger partial charge in [-0.25, -0.2) is 9.78 Å². The van der Waals surface area contributed by atoms with Gasteiger partial charge in [0.2, 0.25) is 0 Å². The van der Waals surface area contributed by atoms with E-state index in [1.165, 1.54) is 20.0 Å². The molecule has 1 aromatic heterocycles. The molecule has 20 heavy (non-hydrogen) atoms. The molecule has 5 nitrogen and oxygen atoms in total. The van der Waals surface area contributed by atoms with Crippen LogP contribution in [0.5, 0.6) is 0 Å². The Labute approximate surface area is 120 Å². The predicted octanol–water partition coefficient (Wildman–Crippen LogP) is 2.61. The Morgan fingerprint density at radius 1 is 1.50 bits per heavy atom. The number of esters is 1. The van der Waals surface area contributed by atoms with E-state index in [1.807, 2.05) is 0 Å². The first-order valence-corrected chi connectivity index (χ1v) is 7.27.